The molecule has 4 aromatic rings. The lowest BCUT2D eigenvalue weighted by molar-refractivity contribution is -0.159. The molecule has 410 valence electrons. The number of hydrogen-bond acceptors (Lipinski definition) is 11. The van der Waals surface area contributed by atoms with E-state index in [2.05, 4.69) is 50.8 Å². The van der Waals surface area contributed by atoms with Gasteiger partial charge in [0.2, 0.25) is 11.8 Å². The summed E-state index contributed by atoms with van der Waals surface area (Å²) in [6.45, 7) is 16.2. The monoisotopic (exact) mass is 1050 g/mol. The number of nitrogens with one attached hydrogen (secondary N) is 5. The Hall–Kier alpha value is -6.97. The number of benzene rings is 4. The summed E-state index contributed by atoms with van der Waals surface area (Å²) in [6.07, 6.45) is 3.08. The molecule has 1 fully saturated rings. The van der Waals surface area contributed by atoms with Gasteiger partial charge < -0.3 is 45.5 Å². The van der Waals surface area contributed by atoms with Crippen molar-refractivity contribution in [2.24, 2.45) is 11.8 Å². The van der Waals surface area contributed by atoms with Crippen LogP contribution in [0.5, 0.6) is 0 Å². The Morgan fingerprint density at radius 3 is 1.72 bits per heavy atom. The Bertz CT molecular complexity index is 2630. The molecule has 0 radical (unpaired) electrons. The van der Waals surface area contributed by atoms with Gasteiger partial charge in [0, 0.05) is 37.8 Å². The molecule has 5 N–H and O–H groups in total. The summed E-state index contributed by atoms with van der Waals surface area (Å²) < 4.78 is 22.3. The molecule has 2 aliphatic carbocycles. The number of esters is 3. The summed E-state index contributed by atoms with van der Waals surface area (Å²) in [7, 11) is 0. The van der Waals surface area contributed by atoms with Crippen molar-refractivity contribution in [1.82, 2.24) is 26.6 Å². The number of alkyl carbamates (subject to hydrolysis) is 1. The maximum atomic E-state index is 14.0. The van der Waals surface area contributed by atoms with Crippen LogP contribution in [-0.4, -0.2) is 96.5 Å². The van der Waals surface area contributed by atoms with Crippen LogP contribution in [0.15, 0.2) is 91.0 Å². The number of fused-ring (bicyclic) bond motifs is 4. The molecular weight excluding hydrogens is 967 g/mol. The van der Waals surface area contributed by atoms with Crippen molar-refractivity contribution in [1.29, 1.82) is 0 Å². The molecule has 0 heterocycles. The standard InChI is InChI=1S/C60H79N5O11/c1-58(2,3)74-51(66)32-31-49(55(70)76-60(7,8)9)65-56(71)64-48(54(69)75-59(4,5)6)24-16-17-33-61-53(68)50(35-39-27-28-40-18-10-11-19-42(40)34-39)63-52(67)41-29-25-38(26-30-41)36-62-57(72)73-37-47-45-22-14-12-20-43(45)44-21-13-15-23-46(44)47/h10-15,18-23,27-28,34,38,41,47-50H,16-17,24-26,29-33,35-37H2,1-9H3,(H,61,68)(H,62,72)(H,63,67)(H2,64,65,71)/t38?,41?,48-,49?,50-/m0/s1. The van der Waals surface area contributed by atoms with Crippen molar-refractivity contribution >= 4 is 52.6 Å². The Labute approximate surface area is 447 Å². The number of hydrogen-bond donors (Lipinski definition) is 5. The lowest BCUT2D eigenvalue weighted by Gasteiger charge is -2.29. The minimum absolute atomic E-state index is 0.0342. The predicted octanol–water partition coefficient (Wildman–Crippen LogP) is 9.34. The first-order valence-electron chi connectivity index (χ1n) is 26.8. The summed E-state index contributed by atoms with van der Waals surface area (Å²) in [5.41, 5.74) is 3.00. The van der Waals surface area contributed by atoms with Crippen molar-refractivity contribution in [3.63, 3.8) is 0 Å². The fraction of sp³-hybridized carbons (Fsp3) is 0.517. The largest absolute Gasteiger partial charge is 0.460 e. The van der Waals surface area contributed by atoms with Gasteiger partial charge in [0.05, 0.1) is 0 Å². The first kappa shape index (κ1) is 58.3. The van der Waals surface area contributed by atoms with Crippen LogP contribution >= 0.6 is 0 Å². The van der Waals surface area contributed by atoms with Crippen LogP contribution in [0.1, 0.15) is 143 Å². The molecule has 2 aliphatic rings. The third-order valence-electron chi connectivity index (χ3n) is 13.3. The van der Waals surface area contributed by atoms with E-state index in [0.29, 0.717) is 32.2 Å². The molecular formula is C60H79N5O11. The summed E-state index contributed by atoms with van der Waals surface area (Å²) in [6, 6.07) is 26.2. The van der Waals surface area contributed by atoms with Crippen molar-refractivity contribution in [3.05, 3.63) is 108 Å². The fourth-order valence-corrected chi connectivity index (χ4v) is 9.67. The minimum Gasteiger partial charge on any atom is -0.460 e. The average molecular weight is 1050 g/mol. The van der Waals surface area contributed by atoms with Crippen LogP contribution in [-0.2, 0) is 49.3 Å². The third kappa shape index (κ3) is 18.1. The summed E-state index contributed by atoms with van der Waals surface area (Å²) in [4.78, 5) is 93.6. The lowest BCUT2D eigenvalue weighted by atomic mass is 9.81. The van der Waals surface area contributed by atoms with Gasteiger partial charge >= 0.3 is 30.0 Å². The Morgan fingerprint density at radius 1 is 0.579 bits per heavy atom. The van der Waals surface area contributed by atoms with Crippen molar-refractivity contribution in [2.75, 3.05) is 19.7 Å². The van der Waals surface area contributed by atoms with Gasteiger partial charge in [-0.1, -0.05) is 91.0 Å². The maximum absolute atomic E-state index is 14.0. The fourth-order valence-electron chi connectivity index (χ4n) is 9.67. The number of carbonyl (C=O) groups is 7. The topological polar surface area (TPSA) is 217 Å². The van der Waals surface area contributed by atoms with Gasteiger partial charge in [0.15, 0.2) is 0 Å². The van der Waals surface area contributed by atoms with E-state index in [1.807, 2.05) is 66.7 Å². The van der Waals surface area contributed by atoms with Gasteiger partial charge in [-0.05, 0) is 158 Å². The zero-order valence-corrected chi connectivity index (χ0v) is 45.8. The number of unbranched alkanes of at least 4 members (excludes halogenated alkanes) is 1. The van der Waals surface area contributed by atoms with Gasteiger partial charge in [0.25, 0.3) is 0 Å². The van der Waals surface area contributed by atoms with Crippen LogP contribution < -0.4 is 26.6 Å². The van der Waals surface area contributed by atoms with E-state index in [1.165, 1.54) is 0 Å². The lowest BCUT2D eigenvalue weighted by Crippen LogP contribution is -2.53. The smallest absolute Gasteiger partial charge is 0.407 e. The molecule has 0 aliphatic heterocycles. The molecule has 0 aromatic heterocycles. The van der Waals surface area contributed by atoms with E-state index in [-0.39, 0.29) is 68.4 Å². The molecule has 0 bridgehead atoms. The highest BCUT2D eigenvalue weighted by Crippen LogP contribution is 2.44. The third-order valence-corrected chi connectivity index (χ3v) is 13.3. The molecule has 16 heteroatoms. The predicted molar refractivity (Wildman–Crippen MR) is 291 cm³/mol. The first-order chi connectivity index (χ1) is 35.9. The molecule has 3 atom stereocenters. The van der Waals surface area contributed by atoms with Crippen LogP contribution in [0.2, 0.25) is 0 Å². The van der Waals surface area contributed by atoms with E-state index < -0.39 is 65.0 Å². The van der Waals surface area contributed by atoms with Gasteiger partial charge in [-0.15, -0.1) is 0 Å². The quantitative estimate of drug-likeness (QED) is 0.0301. The van der Waals surface area contributed by atoms with E-state index >= 15 is 0 Å². The Kier molecular flexibility index (Phi) is 20.1. The van der Waals surface area contributed by atoms with Crippen LogP contribution in [0.3, 0.4) is 0 Å². The zero-order chi connectivity index (χ0) is 55.2. The highest BCUT2D eigenvalue weighted by Gasteiger charge is 2.34. The van der Waals surface area contributed by atoms with Crippen molar-refractivity contribution < 1.29 is 52.5 Å². The molecule has 1 unspecified atom stereocenters. The number of ether oxygens (including phenoxy) is 4. The molecule has 4 aromatic carbocycles. The van der Waals surface area contributed by atoms with E-state index in [9.17, 15) is 33.6 Å². The summed E-state index contributed by atoms with van der Waals surface area (Å²) >= 11 is 0. The zero-order valence-electron chi connectivity index (χ0n) is 45.8. The molecule has 5 amide bonds. The highest BCUT2D eigenvalue weighted by molar-refractivity contribution is 5.90. The Morgan fingerprint density at radius 2 is 1.13 bits per heavy atom. The van der Waals surface area contributed by atoms with Crippen molar-refractivity contribution in [2.45, 2.75) is 167 Å². The normalized spacial score (nSPS) is 16.6. The van der Waals surface area contributed by atoms with E-state index in [4.69, 9.17) is 18.9 Å². The van der Waals surface area contributed by atoms with Gasteiger partial charge in [-0.25, -0.2) is 19.2 Å². The number of urea groups is 1. The van der Waals surface area contributed by atoms with E-state index in [1.54, 1.807) is 62.3 Å². The molecule has 6 rings (SSSR count). The molecule has 16 nitrogen and oxygen atoms in total. The molecule has 1 saturated carbocycles. The van der Waals surface area contributed by atoms with Crippen LogP contribution in [0, 0.1) is 11.8 Å². The first-order valence-corrected chi connectivity index (χ1v) is 26.8. The highest BCUT2D eigenvalue weighted by atomic mass is 16.6. The summed E-state index contributed by atoms with van der Waals surface area (Å²) in [5, 5.41) is 16.3. The molecule has 0 spiro atoms. The van der Waals surface area contributed by atoms with E-state index in [0.717, 1.165) is 51.4 Å². The maximum Gasteiger partial charge on any atom is 0.407 e. The van der Waals surface area contributed by atoms with Crippen LogP contribution in [0.25, 0.3) is 21.9 Å². The van der Waals surface area contributed by atoms with Crippen molar-refractivity contribution in [3.8, 4) is 11.1 Å². The minimum atomic E-state index is -1.23. The summed E-state index contributed by atoms with van der Waals surface area (Å²) in [5.74, 6) is -2.72. The van der Waals surface area contributed by atoms with Gasteiger partial charge in [0.1, 0.15) is 41.5 Å². The average Bonchev–Trinajstić information content (AvgIpc) is 3.67. The number of amides is 5. The molecule has 76 heavy (non-hydrogen) atoms. The number of rotatable bonds is 21. The Balaban J connectivity index is 1.01. The van der Waals surface area contributed by atoms with Crippen LogP contribution in [0.4, 0.5) is 9.59 Å². The van der Waals surface area contributed by atoms with Gasteiger partial charge in [-0.3, -0.25) is 14.4 Å². The number of carbonyl (C=O) groups excluding carboxylic acids is 7. The SMILES string of the molecule is CC(C)(C)OC(=O)CCC(NC(=O)N[C@@H](CCCCNC(=O)[C@H](Cc1ccc2ccccc2c1)NC(=O)C1CCC(CNC(=O)OCC2c3ccccc3-c3ccccc32)CC1)C(=O)OC(C)(C)C)C(=O)OC(C)(C)C. The second kappa shape index (κ2) is 26.2. The van der Waals surface area contributed by atoms with Gasteiger partial charge in [-0.2, -0.15) is 0 Å². The molecule has 0 saturated heterocycles. The second-order valence-electron chi connectivity index (χ2n) is 23.1. The second-order valence-corrected chi connectivity index (χ2v) is 23.1.